The summed E-state index contributed by atoms with van der Waals surface area (Å²) in [5, 5.41) is 4.86. The van der Waals surface area contributed by atoms with E-state index in [1.54, 1.807) is 6.20 Å². The van der Waals surface area contributed by atoms with Crippen LogP contribution in [0, 0.1) is 0 Å². The molecule has 4 nitrogen and oxygen atoms in total. The number of nitrogens with zero attached hydrogens (tertiary/aromatic N) is 2. The van der Waals surface area contributed by atoms with Crippen molar-refractivity contribution >= 4 is 11.6 Å². The molecule has 1 unspecified atom stereocenters. The SMILES string of the molecule is CCC(N)Cc1cccc(Cl)c1Oc1cnn(C(C)C)c1. The van der Waals surface area contributed by atoms with Gasteiger partial charge in [-0.15, -0.1) is 0 Å². The third kappa shape index (κ3) is 3.99. The Balaban J connectivity index is 2.25. The molecule has 114 valence electrons. The van der Waals surface area contributed by atoms with E-state index in [9.17, 15) is 0 Å². The molecule has 1 heterocycles. The molecule has 0 aliphatic carbocycles. The molecule has 0 amide bonds. The molecule has 0 saturated carbocycles. The van der Waals surface area contributed by atoms with Crippen LogP contribution in [0.25, 0.3) is 0 Å². The number of halogens is 1. The van der Waals surface area contributed by atoms with Gasteiger partial charge in [0.2, 0.25) is 0 Å². The van der Waals surface area contributed by atoms with Gasteiger partial charge >= 0.3 is 0 Å². The molecule has 0 bridgehead atoms. The first kappa shape index (κ1) is 15.9. The number of nitrogens with two attached hydrogens (primary N) is 1. The molecule has 1 aromatic heterocycles. The summed E-state index contributed by atoms with van der Waals surface area (Å²) >= 11 is 6.28. The number of rotatable bonds is 6. The van der Waals surface area contributed by atoms with Crippen LogP contribution in [0.4, 0.5) is 0 Å². The van der Waals surface area contributed by atoms with Crippen molar-refractivity contribution in [1.82, 2.24) is 9.78 Å². The van der Waals surface area contributed by atoms with Gasteiger partial charge in [-0.1, -0.05) is 30.7 Å². The van der Waals surface area contributed by atoms with Crippen molar-refractivity contribution in [2.24, 2.45) is 5.73 Å². The Bertz CT molecular complexity index is 595. The van der Waals surface area contributed by atoms with E-state index in [0.717, 1.165) is 18.4 Å². The van der Waals surface area contributed by atoms with Crippen molar-refractivity contribution in [2.45, 2.75) is 45.7 Å². The fourth-order valence-electron chi connectivity index (χ4n) is 2.03. The Labute approximate surface area is 130 Å². The summed E-state index contributed by atoms with van der Waals surface area (Å²) in [5.74, 6) is 1.36. The number of ether oxygens (including phenoxy) is 1. The van der Waals surface area contributed by atoms with E-state index in [2.05, 4.69) is 25.9 Å². The maximum absolute atomic E-state index is 6.28. The number of hydrogen-bond donors (Lipinski definition) is 1. The molecular weight excluding hydrogens is 286 g/mol. The van der Waals surface area contributed by atoms with Crippen LogP contribution in [0.15, 0.2) is 30.6 Å². The average molecular weight is 308 g/mol. The standard InChI is InChI=1S/C16H22ClN3O/c1-4-13(18)8-12-6-5-7-15(17)16(12)21-14-9-19-20(10-14)11(2)3/h5-7,9-11,13H,4,8,18H2,1-3H3. The van der Waals surface area contributed by atoms with Gasteiger partial charge in [-0.25, -0.2) is 0 Å². The molecule has 2 N–H and O–H groups in total. The molecule has 0 fully saturated rings. The zero-order chi connectivity index (χ0) is 15.4. The molecule has 2 rings (SSSR count). The summed E-state index contributed by atoms with van der Waals surface area (Å²) in [6.45, 7) is 6.21. The van der Waals surface area contributed by atoms with Gasteiger partial charge in [0.25, 0.3) is 0 Å². The van der Waals surface area contributed by atoms with Crippen molar-refractivity contribution in [3.8, 4) is 11.5 Å². The lowest BCUT2D eigenvalue weighted by Crippen LogP contribution is -2.21. The predicted octanol–water partition coefficient (Wildman–Crippen LogP) is 4.19. The van der Waals surface area contributed by atoms with Gasteiger partial charge in [0.05, 0.1) is 17.4 Å². The first-order valence-corrected chi connectivity index (χ1v) is 7.64. The zero-order valence-electron chi connectivity index (χ0n) is 12.7. The van der Waals surface area contributed by atoms with E-state index in [-0.39, 0.29) is 6.04 Å². The fourth-order valence-corrected chi connectivity index (χ4v) is 2.26. The van der Waals surface area contributed by atoms with Gasteiger partial charge in [-0.2, -0.15) is 5.10 Å². The summed E-state index contributed by atoms with van der Waals surface area (Å²) in [4.78, 5) is 0. The molecule has 2 aromatic rings. The largest absolute Gasteiger partial charge is 0.452 e. The average Bonchev–Trinajstić information content (AvgIpc) is 2.91. The Morgan fingerprint density at radius 2 is 2.14 bits per heavy atom. The number of benzene rings is 1. The summed E-state index contributed by atoms with van der Waals surface area (Å²) in [7, 11) is 0. The fraction of sp³-hybridized carbons (Fsp3) is 0.438. The maximum atomic E-state index is 6.28. The molecule has 0 aliphatic heterocycles. The Morgan fingerprint density at radius 1 is 1.38 bits per heavy atom. The van der Waals surface area contributed by atoms with Gasteiger partial charge in [-0.05, 0) is 38.3 Å². The second-order valence-corrected chi connectivity index (χ2v) is 5.86. The molecular formula is C16H22ClN3O. The zero-order valence-corrected chi connectivity index (χ0v) is 13.5. The first-order chi connectivity index (χ1) is 10.0. The van der Waals surface area contributed by atoms with E-state index >= 15 is 0 Å². The van der Waals surface area contributed by atoms with Crippen LogP contribution in [0.2, 0.25) is 5.02 Å². The topological polar surface area (TPSA) is 53.1 Å². The minimum atomic E-state index is 0.101. The van der Waals surface area contributed by atoms with E-state index < -0.39 is 0 Å². The van der Waals surface area contributed by atoms with Crippen LogP contribution in [-0.2, 0) is 6.42 Å². The third-order valence-electron chi connectivity index (χ3n) is 3.38. The minimum absolute atomic E-state index is 0.101. The first-order valence-electron chi connectivity index (χ1n) is 7.26. The van der Waals surface area contributed by atoms with Gasteiger partial charge in [0.1, 0.15) is 5.75 Å². The predicted molar refractivity (Wildman–Crippen MR) is 86.1 cm³/mol. The smallest absolute Gasteiger partial charge is 0.165 e. The third-order valence-corrected chi connectivity index (χ3v) is 3.68. The van der Waals surface area contributed by atoms with Crippen LogP contribution >= 0.6 is 11.6 Å². The normalized spacial score (nSPS) is 12.7. The highest BCUT2D eigenvalue weighted by Crippen LogP contribution is 2.33. The van der Waals surface area contributed by atoms with Crippen LogP contribution < -0.4 is 10.5 Å². The van der Waals surface area contributed by atoms with Gasteiger partial charge in [0.15, 0.2) is 5.75 Å². The molecule has 0 spiro atoms. The maximum Gasteiger partial charge on any atom is 0.165 e. The highest BCUT2D eigenvalue weighted by atomic mass is 35.5. The Morgan fingerprint density at radius 3 is 2.76 bits per heavy atom. The molecule has 21 heavy (non-hydrogen) atoms. The number of aromatic nitrogens is 2. The highest BCUT2D eigenvalue weighted by molar-refractivity contribution is 6.32. The number of hydrogen-bond acceptors (Lipinski definition) is 3. The van der Waals surface area contributed by atoms with Crippen LogP contribution in [-0.4, -0.2) is 15.8 Å². The van der Waals surface area contributed by atoms with E-state index in [1.165, 1.54) is 0 Å². The number of para-hydroxylation sites is 1. The molecule has 0 aliphatic rings. The summed E-state index contributed by atoms with van der Waals surface area (Å²) < 4.78 is 7.80. The van der Waals surface area contributed by atoms with Crippen molar-refractivity contribution in [2.75, 3.05) is 0 Å². The molecule has 0 saturated heterocycles. The lowest BCUT2D eigenvalue weighted by atomic mass is 10.0. The van der Waals surface area contributed by atoms with E-state index in [1.807, 2.05) is 29.1 Å². The second kappa shape index (κ2) is 6.96. The summed E-state index contributed by atoms with van der Waals surface area (Å²) in [6.07, 6.45) is 5.23. The van der Waals surface area contributed by atoms with Crippen molar-refractivity contribution < 1.29 is 4.74 Å². The minimum Gasteiger partial charge on any atom is -0.452 e. The molecule has 0 radical (unpaired) electrons. The monoisotopic (exact) mass is 307 g/mol. The molecule has 5 heteroatoms. The van der Waals surface area contributed by atoms with Crippen LogP contribution in [0.3, 0.4) is 0 Å². The van der Waals surface area contributed by atoms with Gasteiger partial charge in [0, 0.05) is 12.1 Å². The van der Waals surface area contributed by atoms with Gasteiger partial charge in [-0.3, -0.25) is 4.68 Å². The van der Waals surface area contributed by atoms with Gasteiger partial charge < -0.3 is 10.5 Å². The Hall–Kier alpha value is -1.52. The summed E-state index contributed by atoms with van der Waals surface area (Å²) in [5.41, 5.74) is 7.07. The second-order valence-electron chi connectivity index (χ2n) is 5.45. The van der Waals surface area contributed by atoms with Crippen molar-refractivity contribution in [3.05, 3.63) is 41.2 Å². The van der Waals surface area contributed by atoms with Crippen molar-refractivity contribution in [1.29, 1.82) is 0 Å². The lowest BCUT2D eigenvalue weighted by molar-refractivity contribution is 0.468. The van der Waals surface area contributed by atoms with Crippen LogP contribution in [0.1, 0.15) is 38.8 Å². The highest BCUT2D eigenvalue weighted by Gasteiger charge is 2.13. The summed E-state index contributed by atoms with van der Waals surface area (Å²) in [6, 6.07) is 6.14. The molecule has 1 atom stereocenters. The van der Waals surface area contributed by atoms with E-state index in [4.69, 9.17) is 22.1 Å². The van der Waals surface area contributed by atoms with E-state index in [0.29, 0.717) is 22.6 Å². The van der Waals surface area contributed by atoms with Crippen molar-refractivity contribution in [3.63, 3.8) is 0 Å². The van der Waals surface area contributed by atoms with Crippen LogP contribution in [0.5, 0.6) is 11.5 Å². The molecule has 1 aromatic carbocycles. The lowest BCUT2D eigenvalue weighted by Gasteiger charge is -2.14. The Kier molecular flexibility index (Phi) is 5.26. The quantitative estimate of drug-likeness (QED) is 0.870.